The van der Waals surface area contributed by atoms with Gasteiger partial charge in [0.2, 0.25) is 5.08 Å². The van der Waals surface area contributed by atoms with E-state index in [-0.39, 0.29) is 0 Å². The first kappa shape index (κ1) is 20.6. The van der Waals surface area contributed by atoms with Crippen molar-refractivity contribution in [3.05, 3.63) is 12.4 Å². The number of hydrogen-bond acceptors (Lipinski definition) is 0. The molecule has 0 aromatic carbocycles. The van der Waals surface area contributed by atoms with Gasteiger partial charge in [-0.2, -0.15) is 17.6 Å². The molecule has 0 spiro atoms. The highest BCUT2D eigenvalue weighted by molar-refractivity contribution is 9.93. The average Bonchev–Trinajstić information content (AvgIpc) is 2.07. The lowest BCUT2D eigenvalue weighted by Crippen LogP contribution is -2.14. The van der Waals surface area contributed by atoms with E-state index >= 15 is 0 Å². The van der Waals surface area contributed by atoms with Crippen LogP contribution >= 0.6 is 60.1 Å². The molecule has 0 aliphatic rings. The lowest BCUT2D eigenvalue weighted by Gasteiger charge is -2.04. The lowest BCUT2D eigenvalue weighted by molar-refractivity contribution is 0.0683. The molecule has 88 valence electrons. The summed E-state index contributed by atoms with van der Waals surface area (Å²) in [6, 6.07) is 0. The summed E-state index contributed by atoms with van der Waals surface area (Å²) in [5.41, 5.74) is 0. The van der Waals surface area contributed by atoms with Crippen LogP contribution in [0.3, 0.4) is 0 Å². The maximum atomic E-state index is 11.3. The van der Waals surface area contributed by atoms with Crippen LogP contribution < -0.4 is 0 Å². The summed E-state index contributed by atoms with van der Waals surface area (Å²) in [5.74, 6) is 0. The second kappa shape index (κ2) is 12.3. The molecule has 0 fully saturated rings. The number of alkyl halides is 5. The first-order valence-electron chi connectivity index (χ1n) is 2.32. The van der Waals surface area contributed by atoms with Crippen LogP contribution in [-0.2, 0) is 0 Å². The number of rotatable bonds is 1. The van der Waals surface area contributed by atoms with Crippen molar-refractivity contribution in [3.8, 4) is 0 Å². The molecule has 0 rings (SSSR count). The van der Waals surface area contributed by atoms with Gasteiger partial charge in [-0.05, 0) is 31.9 Å². The van der Waals surface area contributed by atoms with Gasteiger partial charge in [-0.25, -0.2) is 8.78 Å². The summed E-state index contributed by atoms with van der Waals surface area (Å²) in [7, 11) is 0. The Morgan fingerprint density at radius 2 is 1.36 bits per heavy atom. The highest BCUT2D eigenvalue weighted by Gasteiger charge is 2.34. The molecule has 0 heterocycles. The maximum absolute atomic E-state index is 11.3. The fourth-order valence-electron chi connectivity index (χ4n) is 0. The summed E-state index contributed by atoms with van der Waals surface area (Å²) in [6.45, 7) is 0. The Labute approximate surface area is 108 Å². The Morgan fingerprint density at radius 3 is 1.36 bits per heavy atom. The zero-order chi connectivity index (χ0) is 12.4. The van der Waals surface area contributed by atoms with E-state index in [1.54, 1.807) is 15.9 Å². The van der Waals surface area contributed by atoms with E-state index in [0.717, 1.165) is 0 Å². The summed E-state index contributed by atoms with van der Waals surface area (Å²) < 4.78 is 64.7. The van der Waals surface area contributed by atoms with Crippen molar-refractivity contribution >= 4 is 60.1 Å². The molecule has 0 amide bonds. The van der Waals surface area contributed by atoms with Crippen LogP contribution in [-0.4, -0.2) is 9.91 Å². The predicted octanol–water partition coefficient (Wildman–Crippen LogP) is 6.05. The molecule has 0 aromatic rings. The van der Waals surface area contributed by atoms with E-state index in [9.17, 15) is 26.3 Å². The van der Waals surface area contributed by atoms with Gasteiger partial charge in [-0.15, -0.1) is 0 Å². The minimum absolute atomic E-state index is 0.750. The van der Waals surface area contributed by atoms with Crippen LogP contribution in [0, 0.1) is 0 Å². The Balaban J connectivity index is -0.000000152. The van der Waals surface area contributed by atoms with Gasteiger partial charge in [0.1, 0.15) is 0 Å². The van der Waals surface area contributed by atoms with Crippen molar-refractivity contribution in [2.24, 2.45) is 0 Å². The highest BCUT2D eigenvalue weighted by atomic mass is 80.9. The third kappa shape index (κ3) is 23.2. The van der Waals surface area contributed by atoms with E-state index in [0.29, 0.717) is 0 Å². The molecular formula is C4H2Br4F6. The van der Waals surface area contributed by atoms with Crippen LogP contribution in [0.1, 0.15) is 0 Å². The molecule has 0 saturated heterocycles. The fourth-order valence-corrected chi connectivity index (χ4v) is 0. The predicted molar refractivity (Wildman–Crippen MR) is 57.0 cm³/mol. The van der Waals surface area contributed by atoms with Gasteiger partial charge in [0.15, 0.2) is 6.33 Å². The van der Waals surface area contributed by atoms with Gasteiger partial charge < -0.3 is 0 Å². The van der Waals surface area contributed by atoms with Crippen LogP contribution in [0.25, 0.3) is 0 Å². The molecule has 0 N–H and O–H groups in total. The van der Waals surface area contributed by atoms with Gasteiger partial charge in [-0.3, -0.25) is 0 Å². The lowest BCUT2D eigenvalue weighted by atomic mass is 10.8. The van der Waals surface area contributed by atoms with Gasteiger partial charge in [0, 0.05) is 28.3 Å². The van der Waals surface area contributed by atoms with E-state index in [2.05, 4.69) is 28.3 Å². The highest BCUT2D eigenvalue weighted by Crippen LogP contribution is 2.31. The van der Waals surface area contributed by atoms with E-state index in [1.165, 1.54) is 0 Å². The van der Waals surface area contributed by atoms with Crippen molar-refractivity contribution in [2.75, 3.05) is 0 Å². The molecule has 0 aromatic heterocycles. The van der Waals surface area contributed by atoms with Crippen LogP contribution in [0.15, 0.2) is 12.4 Å². The first-order chi connectivity index (χ1) is 6.21. The third-order valence-corrected chi connectivity index (χ3v) is 1.92. The molecule has 0 saturated carbocycles. The summed E-state index contributed by atoms with van der Waals surface area (Å²) in [6.07, 6.45) is -3.04. The Kier molecular flexibility index (Phi) is 18.1. The summed E-state index contributed by atoms with van der Waals surface area (Å²) in [5, 5.41) is -2.31. The molecule has 1 unspecified atom stereocenters. The van der Waals surface area contributed by atoms with Gasteiger partial charge in [-0.1, -0.05) is 0 Å². The molecular weight excluding hydrogens is 482 g/mol. The molecule has 0 nitrogen and oxygen atoms in total. The molecule has 0 aliphatic heterocycles. The molecule has 0 bridgehead atoms. The average molecular weight is 484 g/mol. The van der Waals surface area contributed by atoms with E-state index < -0.39 is 22.3 Å². The SMILES string of the molecule is BrBr.FC(Br)C(F)(F)Br.FC=C(F)F. The van der Waals surface area contributed by atoms with Crippen molar-refractivity contribution < 1.29 is 26.3 Å². The van der Waals surface area contributed by atoms with Crippen molar-refractivity contribution in [1.82, 2.24) is 0 Å². The molecule has 1 atom stereocenters. The second-order valence-electron chi connectivity index (χ2n) is 1.24. The van der Waals surface area contributed by atoms with Crippen molar-refractivity contribution in [3.63, 3.8) is 0 Å². The fraction of sp³-hybridized carbons (Fsp3) is 0.500. The van der Waals surface area contributed by atoms with Crippen LogP contribution in [0.5, 0.6) is 0 Å². The quantitative estimate of drug-likeness (QED) is 0.315. The second-order valence-corrected chi connectivity index (χ2v) is 3.10. The van der Waals surface area contributed by atoms with E-state index in [4.69, 9.17) is 0 Å². The van der Waals surface area contributed by atoms with Gasteiger partial charge in [0.25, 0.3) is 6.08 Å². The van der Waals surface area contributed by atoms with Crippen LogP contribution in [0.2, 0.25) is 0 Å². The van der Waals surface area contributed by atoms with Crippen molar-refractivity contribution in [2.45, 2.75) is 9.91 Å². The summed E-state index contributed by atoms with van der Waals surface area (Å²) >= 11 is 9.32. The van der Waals surface area contributed by atoms with Gasteiger partial charge in [0.05, 0.1) is 0 Å². The standard InChI is InChI=1S/C2HBr2F3.C2HF3.Br2/c3-1(5)2(4,6)7;3-1-2(4)5;1-2/h1H;1H;. The number of hydrogen-bond donors (Lipinski definition) is 0. The number of halogens is 10. The smallest absolute Gasteiger partial charge is 0.227 e. The first-order valence-corrected chi connectivity index (χ1v) is 7.74. The van der Waals surface area contributed by atoms with E-state index in [1.807, 2.05) is 15.9 Å². The van der Waals surface area contributed by atoms with Crippen LogP contribution in [0.4, 0.5) is 26.3 Å². The summed E-state index contributed by atoms with van der Waals surface area (Å²) in [4.78, 5) is -3.44. The Morgan fingerprint density at radius 1 is 1.21 bits per heavy atom. The maximum Gasteiger partial charge on any atom is 0.341 e. The van der Waals surface area contributed by atoms with Crippen molar-refractivity contribution in [1.29, 1.82) is 0 Å². The third-order valence-electron chi connectivity index (χ3n) is 0.330. The molecule has 14 heavy (non-hydrogen) atoms. The minimum Gasteiger partial charge on any atom is -0.227 e. The molecule has 0 aliphatic carbocycles. The Bertz CT molecular complexity index is 139. The topological polar surface area (TPSA) is 0 Å². The van der Waals surface area contributed by atoms with Gasteiger partial charge >= 0.3 is 4.83 Å². The zero-order valence-corrected chi connectivity index (χ0v) is 12.3. The monoisotopic (exact) mass is 480 g/mol. The normalized spacial score (nSPS) is 11.3. The molecule has 0 radical (unpaired) electrons. The minimum atomic E-state index is -3.44. The molecule has 10 heteroatoms. The Hall–Kier alpha value is 1.24. The zero-order valence-electron chi connectivity index (χ0n) is 5.93. The largest absolute Gasteiger partial charge is 0.341 e.